The second-order valence-electron chi connectivity index (χ2n) is 16.7. The van der Waals surface area contributed by atoms with Crippen LogP contribution in [0.3, 0.4) is 0 Å². The summed E-state index contributed by atoms with van der Waals surface area (Å²) in [7, 11) is 0. The van der Waals surface area contributed by atoms with Gasteiger partial charge in [-0.3, -0.25) is 47.9 Å². The zero-order chi connectivity index (χ0) is 51.6. The fourth-order valence-corrected chi connectivity index (χ4v) is 7.60. The lowest BCUT2D eigenvalue weighted by molar-refractivity contribution is -0.141. The van der Waals surface area contributed by atoms with Crippen LogP contribution in [-0.2, 0) is 52.7 Å². The van der Waals surface area contributed by atoms with Crippen LogP contribution in [0.25, 0.3) is 0 Å². The molecule has 0 aromatic carbocycles. The summed E-state index contributed by atoms with van der Waals surface area (Å²) in [4.78, 5) is 115. The molecule has 0 radical (unpaired) electrons. The first-order valence-electron chi connectivity index (χ1n) is 22.8. The van der Waals surface area contributed by atoms with E-state index < -0.39 is 115 Å². The van der Waals surface area contributed by atoms with E-state index >= 15 is 0 Å². The average Bonchev–Trinajstić information content (AvgIpc) is 4.09. The number of carbonyl (C=O) groups excluding carboxylic acids is 2. The van der Waals surface area contributed by atoms with E-state index in [1.807, 2.05) is 20.8 Å². The number of carboxylic acids is 8. The molecule has 0 aromatic heterocycles. The van der Waals surface area contributed by atoms with E-state index in [1.54, 1.807) is 0 Å². The number of epoxide rings is 1. The molecule has 1 rings (SSSR count). The highest BCUT2D eigenvalue weighted by atomic mass is 16.6. The van der Waals surface area contributed by atoms with Gasteiger partial charge in [-0.05, 0) is 89.2 Å². The number of aliphatic carboxylic acids is 8. The average molecular weight is 962 g/mol. The molecule has 67 heavy (non-hydrogen) atoms. The molecular formula is C45H75N3O19. The first-order valence-corrected chi connectivity index (χ1v) is 22.8. The van der Waals surface area contributed by atoms with Gasteiger partial charge in [-0.1, -0.05) is 40.2 Å². The van der Waals surface area contributed by atoms with Crippen LogP contribution in [0.15, 0.2) is 12.8 Å². The van der Waals surface area contributed by atoms with Crippen LogP contribution < -0.4 is 16.0 Å². The van der Waals surface area contributed by atoms with Crippen molar-refractivity contribution in [2.24, 2.45) is 5.92 Å². The molecule has 1 aliphatic heterocycles. The smallest absolute Gasteiger partial charge is 0.303 e. The summed E-state index contributed by atoms with van der Waals surface area (Å²) in [6, 6.07) is 0. The maximum absolute atomic E-state index is 13.0. The normalized spacial score (nSPS) is 13.0. The number of hydrogen-bond acceptors (Lipinski definition) is 12. The number of hydrogen-bond donors (Lipinski definition) is 11. The van der Waals surface area contributed by atoms with E-state index in [0.717, 1.165) is 13.0 Å². The van der Waals surface area contributed by atoms with E-state index in [0.29, 0.717) is 44.9 Å². The molecule has 0 bridgehead atoms. The van der Waals surface area contributed by atoms with Gasteiger partial charge < -0.3 is 61.5 Å². The van der Waals surface area contributed by atoms with Gasteiger partial charge in [-0.15, -0.1) is 0 Å². The maximum Gasteiger partial charge on any atom is 0.303 e. The Kier molecular flexibility index (Phi) is 32.6. The molecule has 22 heteroatoms. The van der Waals surface area contributed by atoms with Crippen LogP contribution >= 0.6 is 0 Å². The Morgan fingerprint density at radius 3 is 0.985 bits per heavy atom. The van der Waals surface area contributed by atoms with Gasteiger partial charge in [0.15, 0.2) is 0 Å². The van der Waals surface area contributed by atoms with E-state index in [4.69, 9.17) is 14.9 Å². The van der Waals surface area contributed by atoms with Crippen LogP contribution in [0, 0.1) is 5.92 Å². The topological polar surface area (TPSA) is 381 Å². The monoisotopic (exact) mass is 961 g/mol. The number of rotatable bonds is 39. The number of carbonyl (C=O) groups is 10. The number of nitrogens with one attached hydrogen (secondary N) is 3. The van der Waals surface area contributed by atoms with Gasteiger partial charge in [0, 0.05) is 80.8 Å². The summed E-state index contributed by atoms with van der Waals surface area (Å²) in [5, 5.41) is 81.2. The Balaban J connectivity index is 0. The van der Waals surface area contributed by atoms with Gasteiger partial charge >= 0.3 is 47.8 Å². The third kappa shape index (κ3) is 33.3. The van der Waals surface area contributed by atoms with Gasteiger partial charge in [-0.2, -0.15) is 0 Å². The maximum atomic E-state index is 13.0. The third-order valence-electron chi connectivity index (χ3n) is 11.4. The Labute approximate surface area is 391 Å². The Bertz CT molecular complexity index is 1420. The quantitative estimate of drug-likeness (QED) is 0.0350. The summed E-state index contributed by atoms with van der Waals surface area (Å²) in [6.07, 6.45) is 2.29. The van der Waals surface area contributed by atoms with Crippen molar-refractivity contribution in [1.29, 1.82) is 0 Å². The van der Waals surface area contributed by atoms with Gasteiger partial charge in [0.05, 0.1) is 12.7 Å². The fourth-order valence-electron chi connectivity index (χ4n) is 7.60. The first kappa shape index (κ1) is 63.3. The number of carboxylic acid groups (broad SMARTS) is 8. The summed E-state index contributed by atoms with van der Waals surface area (Å²) in [6.45, 7) is 10.2. The second kappa shape index (κ2) is 34.5. The first-order chi connectivity index (χ1) is 31.4. The fraction of sp³-hybridized carbons (Fsp3) is 0.733. The lowest BCUT2D eigenvalue weighted by Crippen LogP contribution is -2.49. The minimum absolute atomic E-state index is 0.00594. The molecular weight excluding hydrogens is 886 g/mol. The molecule has 22 nitrogen and oxygen atoms in total. The summed E-state index contributed by atoms with van der Waals surface area (Å²) in [5.74, 6) is -10.1. The molecule has 1 aliphatic rings. The standard InChI is InChI=1S/C30H48N2O14.C13H21NO5.C2H6/c1-2-3-20(4-6-21(33)31-29(14-8-23(35)36,15-9-24(37)38)16-10-25(39)40)5-7-22(34)32-30(17-11-26(41)42,18-12-27(43)44)19-13-28(45)46;1-2-14-13(7-4-11(15)16,8-5-12(17)18)6-3-10-9-19-10;1-2/h20H,2-19H2,1H3,(H,31,33)(H,32,34)(H,35,36)(H,37,38)(H,39,40)(H,41,42)(H,43,44)(H,45,46);2,10,14H,1,3-9H2,(H,15,16)(H,17,18);1-2H3. The SMILES string of the molecule is C=CNC(CCC(=O)O)(CCC(=O)O)CCC1CO1.CC.CCCC(CCC(=O)NC(CCC(=O)O)(CCC(=O)O)CCC(=O)O)CCC(=O)NC(CCC(=O)O)(CCC(=O)O)CCC(=O)O. The third-order valence-corrected chi connectivity index (χ3v) is 11.4. The van der Waals surface area contributed by atoms with E-state index in [2.05, 4.69) is 22.5 Å². The van der Waals surface area contributed by atoms with Gasteiger partial charge in [0.25, 0.3) is 0 Å². The Morgan fingerprint density at radius 2 is 0.761 bits per heavy atom. The van der Waals surface area contributed by atoms with Crippen molar-refractivity contribution < 1.29 is 93.5 Å². The molecule has 2 amide bonds. The predicted octanol–water partition coefficient (Wildman–Crippen LogP) is 5.26. The molecule has 384 valence electrons. The zero-order valence-electron chi connectivity index (χ0n) is 39.2. The van der Waals surface area contributed by atoms with Crippen molar-refractivity contribution in [2.75, 3.05) is 6.61 Å². The van der Waals surface area contributed by atoms with Crippen LogP contribution in [0.2, 0.25) is 0 Å². The number of ether oxygens (including phenoxy) is 1. The van der Waals surface area contributed by atoms with Crippen LogP contribution in [0.4, 0.5) is 0 Å². The van der Waals surface area contributed by atoms with Gasteiger partial charge in [0.2, 0.25) is 11.8 Å². The molecule has 1 unspecified atom stereocenters. The molecule has 1 heterocycles. The van der Waals surface area contributed by atoms with Crippen molar-refractivity contribution in [3.05, 3.63) is 12.8 Å². The molecule has 11 N–H and O–H groups in total. The highest BCUT2D eigenvalue weighted by Gasteiger charge is 2.36. The highest BCUT2D eigenvalue weighted by Crippen LogP contribution is 2.31. The van der Waals surface area contributed by atoms with Crippen molar-refractivity contribution in [1.82, 2.24) is 16.0 Å². The van der Waals surface area contributed by atoms with Crippen LogP contribution in [0.5, 0.6) is 0 Å². The molecule has 1 atom stereocenters. The minimum Gasteiger partial charge on any atom is -0.481 e. The lowest BCUT2D eigenvalue weighted by atomic mass is 9.83. The van der Waals surface area contributed by atoms with Gasteiger partial charge in [0.1, 0.15) is 0 Å². The molecule has 0 aliphatic carbocycles. The highest BCUT2D eigenvalue weighted by molar-refractivity contribution is 5.78. The molecule has 0 saturated carbocycles. The zero-order valence-corrected chi connectivity index (χ0v) is 39.2. The lowest BCUT2D eigenvalue weighted by Gasteiger charge is -2.35. The Hall–Kier alpha value is -5.80. The summed E-state index contributed by atoms with van der Waals surface area (Å²) < 4.78 is 5.15. The Morgan fingerprint density at radius 1 is 0.493 bits per heavy atom. The van der Waals surface area contributed by atoms with Gasteiger partial charge in [-0.25, -0.2) is 0 Å². The predicted molar refractivity (Wildman–Crippen MR) is 240 cm³/mol. The minimum atomic E-state index is -1.36. The second-order valence-corrected chi connectivity index (χ2v) is 16.7. The molecule has 1 fully saturated rings. The summed E-state index contributed by atoms with van der Waals surface area (Å²) in [5.41, 5.74) is -3.25. The van der Waals surface area contributed by atoms with Crippen molar-refractivity contribution in [3.63, 3.8) is 0 Å². The van der Waals surface area contributed by atoms with Crippen LogP contribution in [-0.4, -0.2) is 130 Å². The molecule has 0 spiro atoms. The van der Waals surface area contributed by atoms with Crippen molar-refractivity contribution in [2.45, 2.75) is 198 Å². The van der Waals surface area contributed by atoms with Crippen molar-refractivity contribution >= 4 is 59.6 Å². The van der Waals surface area contributed by atoms with E-state index in [9.17, 15) is 78.6 Å². The van der Waals surface area contributed by atoms with E-state index in [-0.39, 0.29) is 76.2 Å². The largest absolute Gasteiger partial charge is 0.481 e. The van der Waals surface area contributed by atoms with Crippen LogP contribution in [0.1, 0.15) is 175 Å². The molecule has 0 aromatic rings. The molecule has 1 saturated heterocycles. The number of amides is 2. The van der Waals surface area contributed by atoms with Crippen molar-refractivity contribution in [3.8, 4) is 0 Å². The van der Waals surface area contributed by atoms with E-state index in [1.165, 1.54) is 6.20 Å². The summed E-state index contributed by atoms with van der Waals surface area (Å²) >= 11 is 0.